The number of carboxylic acid groups (broad SMARTS) is 1. The molecule has 0 bridgehead atoms. The Hall–Kier alpha value is -3.16. The molecule has 0 aliphatic carbocycles. The zero-order valence-corrected chi connectivity index (χ0v) is 12.5. The van der Waals surface area contributed by atoms with Crippen LogP contribution in [0.15, 0.2) is 47.3 Å². The first kappa shape index (κ1) is 16.2. The van der Waals surface area contributed by atoms with Gasteiger partial charge in [-0.05, 0) is 13.8 Å². The lowest BCUT2D eigenvalue weighted by Gasteiger charge is -2.31. The van der Waals surface area contributed by atoms with Crippen molar-refractivity contribution in [1.29, 1.82) is 0 Å². The summed E-state index contributed by atoms with van der Waals surface area (Å²) in [5.41, 5.74) is 6.05. The van der Waals surface area contributed by atoms with Crippen LogP contribution in [0.5, 0.6) is 0 Å². The van der Waals surface area contributed by atoms with Crippen molar-refractivity contribution >= 4 is 17.7 Å². The molecular weight excluding hydrogens is 302 g/mol. The van der Waals surface area contributed by atoms with Crippen LogP contribution >= 0.6 is 0 Å². The molecule has 2 rings (SSSR count). The van der Waals surface area contributed by atoms with E-state index in [0.717, 1.165) is 4.90 Å². The number of benzene rings is 1. The molecule has 0 fully saturated rings. The van der Waals surface area contributed by atoms with E-state index >= 15 is 0 Å². The molecule has 1 aliphatic rings. The molecule has 0 radical (unpaired) electrons. The van der Waals surface area contributed by atoms with Gasteiger partial charge in [-0.15, -0.1) is 0 Å². The van der Waals surface area contributed by atoms with Crippen LogP contribution in [0.2, 0.25) is 0 Å². The van der Waals surface area contributed by atoms with Crippen LogP contribution in [0.4, 0.5) is 10.5 Å². The summed E-state index contributed by atoms with van der Waals surface area (Å²) in [4.78, 5) is 34.8. The number of hydrogen-bond donors (Lipinski definition) is 2. The lowest BCUT2D eigenvalue weighted by atomic mass is 9.85. The summed E-state index contributed by atoms with van der Waals surface area (Å²) >= 11 is 0. The molecule has 120 valence electrons. The highest BCUT2D eigenvalue weighted by atomic mass is 16.6. The second-order valence-electron chi connectivity index (χ2n) is 5.08. The van der Waals surface area contributed by atoms with Crippen LogP contribution < -0.4 is 5.73 Å². The first-order valence-electron chi connectivity index (χ1n) is 6.71. The zero-order chi connectivity index (χ0) is 17.3. The van der Waals surface area contributed by atoms with E-state index in [1.807, 2.05) is 0 Å². The Bertz CT molecular complexity index is 766. The topological polar surface area (TPSA) is 127 Å². The van der Waals surface area contributed by atoms with Crippen molar-refractivity contribution in [2.45, 2.75) is 19.8 Å². The fourth-order valence-electron chi connectivity index (χ4n) is 2.80. The first-order valence-corrected chi connectivity index (χ1v) is 6.71. The number of hydrogen-bond acceptors (Lipinski definition) is 4. The highest BCUT2D eigenvalue weighted by Crippen LogP contribution is 2.39. The largest absolute Gasteiger partial charge is 0.464 e. The van der Waals surface area contributed by atoms with Gasteiger partial charge in [-0.25, -0.2) is 4.79 Å². The quantitative estimate of drug-likeness (QED) is 0.653. The Morgan fingerprint density at radius 2 is 1.91 bits per heavy atom. The van der Waals surface area contributed by atoms with Crippen molar-refractivity contribution in [3.05, 3.63) is 63.0 Å². The molecule has 0 saturated heterocycles. The highest BCUT2D eigenvalue weighted by Gasteiger charge is 2.34. The predicted octanol–water partition coefficient (Wildman–Crippen LogP) is 2.34. The van der Waals surface area contributed by atoms with Gasteiger partial charge in [0.2, 0.25) is 5.91 Å². The molecule has 0 saturated carbocycles. The molecule has 0 aromatic heterocycles. The van der Waals surface area contributed by atoms with Gasteiger partial charge in [-0.1, -0.05) is 24.3 Å². The maximum Gasteiger partial charge on any atom is 0.415 e. The van der Waals surface area contributed by atoms with E-state index in [9.17, 15) is 24.8 Å². The number of rotatable bonds is 3. The fraction of sp³-hybridized carbons (Fsp3) is 0.200. The first-order chi connectivity index (χ1) is 10.8. The Morgan fingerprint density at radius 3 is 2.43 bits per heavy atom. The van der Waals surface area contributed by atoms with Crippen LogP contribution in [0.3, 0.4) is 0 Å². The van der Waals surface area contributed by atoms with E-state index in [1.54, 1.807) is 13.0 Å². The summed E-state index contributed by atoms with van der Waals surface area (Å²) in [6, 6.07) is 5.99. The van der Waals surface area contributed by atoms with Gasteiger partial charge in [-0.3, -0.25) is 19.8 Å². The van der Waals surface area contributed by atoms with Gasteiger partial charge in [0.1, 0.15) is 0 Å². The standard InChI is InChI=1S/C15H15N3O5/c1-8-7-11(10-5-3-4-6-12(10)18(22)23)13(14(16)19)9(2)17(8)15(20)21/h3-7,11H,1-2H3,(H2,16,19)(H,20,21). The number of primary amides is 1. The Morgan fingerprint density at radius 1 is 1.30 bits per heavy atom. The third kappa shape index (κ3) is 2.78. The molecule has 1 aliphatic heterocycles. The second-order valence-corrected chi connectivity index (χ2v) is 5.08. The lowest BCUT2D eigenvalue weighted by molar-refractivity contribution is -0.385. The van der Waals surface area contributed by atoms with Crippen molar-refractivity contribution in [3.8, 4) is 0 Å². The molecule has 1 aromatic rings. The average Bonchev–Trinajstić information content (AvgIpc) is 2.45. The number of nitrogens with zero attached hydrogens (tertiary/aromatic N) is 2. The molecule has 1 unspecified atom stereocenters. The average molecular weight is 317 g/mol. The van der Waals surface area contributed by atoms with Crippen molar-refractivity contribution in [1.82, 2.24) is 4.90 Å². The number of nitro benzene ring substituents is 1. The molecule has 8 heteroatoms. The van der Waals surface area contributed by atoms with Crippen LogP contribution in [-0.2, 0) is 4.79 Å². The molecule has 1 atom stereocenters. The van der Waals surface area contributed by atoms with Gasteiger partial charge in [0.15, 0.2) is 0 Å². The minimum atomic E-state index is -1.25. The summed E-state index contributed by atoms with van der Waals surface area (Å²) in [6.45, 7) is 3.00. The third-order valence-corrected chi connectivity index (χ3v) is 3.72. The van der Waals surface area contributed by atoms with E-state index in [-0.39, 0.29) is 22.5 Å². The number of carbonyl (C=O) groups excluding carboxylic acids is 1. The number of nitro groups is 1. The van der Waals surface area contributed by atoms with E-state index in [1.165, 1.54) is 31.2 Å². The van der Waals surface area contributed by atoms with E-state index < -0.39 is 22.8 Å². The highest BCUT2D eigenvalue weighted by molar-refractivity contribution is 5.96. The molecule has 2 amide bonds. The van der Waals surface area contributed by atoms with Crippen molar-refractivity contribution in [2.75, 3.05) is 0 Å². The normalized spacial score (nSPS) is 17.7. The van der Waals surface area contributed by atoms with Gasteiger partial charge in [-0.2, -0.15) is 0 Å². The van der Waals surface area contributed by atoms with Gasteiger partial charge in [0, 0.05) is 34.5 Å². The number of nitrogens with two attached hydrogens (primary N) is 1. The van der Waals surface area contributed by atoms with Crippen LogP contribution in [0.25, 0.3) is 0 Å². The summed E-state index contributed by atoms with van der Waals surface area (Å²) in [5.74, 6) is -1.59. The second kappa shape index (κ2) is 5.91. The Labute approximate surface area is 131 Å². The number of amides is 2. The van der Waals surface area contributed by atoms with E-state index in [0.29, 0.717) is 5.70 Å². The molecule has 3 N–H and O–H groups in total. The lowest BCUT2D eigenvalue weighted by Crippen LogP contribution is -2.34. The molecule has 1 aromatic carbocycles. The van der Waals surface area contributed by atoms with Gasteiger partial charge in [0.25, 0.3) is 5.69 Å². The molecule has 0 spiro atoms. The summed E-state index contributed by atoms with van der Waals surface area (Å²) < 4.78 is 0. The summed E-state index contributed by atoms with van der Waals surface area (Å²) in [6.07, 6.45) is 0.236. The Kier molecular flexibility index (Phi) is 4.17. The maximum absolute atomic E-state index is 11.9. The molecule has 8 nitrogen and oxygen atoms in total. The van der Waals surface area contributed by atoms with Crippen molar-refractivity contribution < 1.29 is 19.6 Å². The number of carbonyl (C=O) groups is 2. The van der Waals surface area contributed by atoms with Crippen molar-refractivity contribution in [2.24, 2.45) is 5.73 Å². The molecule has 23 heavy (non-hydrogen) atoms. The Balaban J connectivity index is 2.70. The van der Waals surface area contributed by atoms with E-state index in [4.69, 9.17) is 5.73 Å². The number of allylic oxidation sites excluding steroid dienone is 3. The fourth-order valence-corrected chi connectivity index (χ4v) is 2.80. The third-order valence-electron chi connectivity index (χ3n) is 3.72. The van der Waals surface area contributed by atoms with Gasteiger partial charge in [0.05, 0.1) is 4.92 Å². The summed E-state index contributed by atoms with van der Waals surface area (Å²) in [7, 11) is 0. The smallest absolute Gasteiger partial charge is 0.415 e. The van der Waals surface area contributed by atoms with E-state index in [2.05, 4.69) is 0 Å². The number of para-hydroxylation sites is 1. The SMILES string of the molecule is CC1=CC(c2ccccc2[N+](=O)[O-])C(C(N)=O)=C(C)N1C(=O)O. The van der Waals surface area contributed by atoms with Crippen molar-refractivity contribution in [3.63, 3.8) is 0 Å². The van der Waals surface area contributed by atoms with Crippen LogP contribution in [0.1, 0.15) is 25.3 Å². The minimum Gasteiger partial charge on any atom is -0.464 e. The minimum absolute atomic E-state index is 0.0206. The van der Waals surface area contributed by atoms with Gasteiger partial charge < -0.3 is 10.8 Å². The van der Waals surface area contributed by atoms with Crippen LogP contribution in [0, 0.1) is 10.1 Å². The predicted molar refractivity (Wildman–Crippen MR) is 81.4 cm³/mol. The van der Waals surface area contributed by atoms with Crippen LogP contribution in [-0.4, -0.2) is 26.9 Å². The monoisotopic (exact) mass is 317 g/mol. The zero-order valence-electron chi connectivity index (χ0n) is 12.5. The molecular formula is C15H15N3O5. The van der Waals surface area contributed by atoms with Gasteiger partial charge >= 0.3 is 6.09 Å². The summed E-state index contributed by atoms with van der Waals surface area (Å²) in [5, 5.41) is 20.5. The maximum atomic E-state index is 11.9. The molecule has 1 heterocycles.